The van der Waals surface area contributed by atoms with Gasteiger partial charge in [-0.25, -0.2) is 10.2 Å². The smallest absolute Gasteiger partial charge is 0.428 e. The largest absolute Gasteiger partial charge is 0.507 e. The van der Waals surface area contributed by atoms with Gasteiger partial charge < -0.3 is 9.84 Å². The monoisotopic (exact) mass is 362 g/mol. The van der Waals surface area contributed by atoms with Crippen LogP contribution in [-0.2, 0) is 4.74 Å². The van der Waals surface area contributed by atoms with E-state index in [0.717, 1.165) is 5.56 Å². The van der Waals surface area contributed by atoms with Gasteiger partial charge in [0.2, 0.25) is 0 Å². The minimum atomic E-state index is -0.604. The van der Waals surface area contributed by atoms with E-state index in [1.807, 2.05) is 22.6 Å². The quantitative estimate of drug-likeness (QED) is 0.483. The molecule has 0 radical (unpaired) electrons. The molecule has 1 amide bonds. The van der Waals surface area contributed by atoms with Crippen molar-refractivity contribution >= 4 is 34.9 Å². The van der Waals surface area contributed by atoms with Gasteiger partial charge in [-0.3, -0.25) is 0 Å². The van der Waals surface area contributed by atoms with E-state index in [4.69, 9.17) is 4.74 Å². The first-order valence-electron chi connectivity index (χ1n) is 5.28. The molecule has 0 aliphatic rings. The van der Waals surface area contributed by atoms with Crippen LogP contribution in [0.4, 0.5) is 4.79 Å². The average Bonchev–Trinajstić information content (AvgIpc) is 2.20. The second-order valence-electron chi connectivity index (χ2n) is 4.58. The van der Waals surface area contributed by atoms with E-state index >= 15 is 0 Å². The minimum Gasteiger partial charge on any atom is -0.507 e. The second kappa shape index (κ2) is 6.03. The number of carbonyl (C=O) groups is 1. The zero-order valence-corrected chi connectivity index (χ0v) is 12.6. The van der Waals surface area contributed by atoms with Crippen LogP contribution in [0.2, 0.25) is 0 Å². The van der Waals surface area contributed by atoms with Crippen LogP contribution in [0.25, 0.3) is 0 Å². The molecular formula is C12H15IN2O3. The summed E-state index contributed by atoms with van der Waals surface area (Å²) in [6.07, 6.45) is 0.873. The lowest BCUT2D eigenvalue weighted by Crippen LogP contribution is -2.29. The van der Waals surface area contributed by atoms with E-state index in [9.17, 15) is 9.90 Å². The van der Waals surface area contributed by atoms with E-state index in [1.54, 1.807) is 39.0 Å². The van der Waals surface area contributed by atoms with Crippen molar-refractivity contribution < 1.29 is 14.6 Å². The van der Waals surface area contributed by atoms with Crippen molar-refractivity contribution in [2.75, 3.05) is 0 Å². The van der Waals surface area contributed by atoms with Crippen molar-refractivity contribution in [2.45, 2.75) is 26.4 Å². The number of hydrogen-bond donors (Lipinski definition) is 2. The number of phenolic OH excluding ortho intramolecular Hbond substituents is 1. The number of benzene rings is 1. The molecule has 18 heavy (non-hydrogen) atoms. The Morgan fingerprint density at radius 3 is 2.72 bits per heavy atom. The molecule has 0 aliphatic carbocycles. The van der Waals surface area contributed by atoms with E-state index in [0.29, 0.717) is 3.57 Å². The molecule has 0 fully saturated rings. The molecule has 2 N–H and O–H groups in total. The topological polar surface area (TPSA) is 70.9 Å². The summed E-state index contributed by atoms with van der Waals surface area (Å²) in [5, 5.41) is 13.1. The highest BCUT2D eigenvalue weighted by Gasteiger charge is 2.15. The number of carbonyl (C=O) groups excluding carboxylic acids is 1. The third-order valence-electron chi connectivity index (χ3n) is 1.74. The molecule has 0 atom stereocenters. The molecule has 1 rings (SSSR count). The first-order valence-corrected chi connectivity index (χ1v) is 6.36. The maximum absolute atomic E-state index is 11.3. The first-order chi connectivity index (χ1) is 8.28. The number of hydrazone groups is 1. The number of hydrogen-bond acceptors (Lipinski definition) is 4. The fourth-order valence-electron chi connectivity index (χ4n) is 1.06. The molecule has 0 bridgehead atoms. The highest BCUT2D eigenvalue weighted by atomic mass is 127. The van der Waals surface area contributed by atoms with Crippen molar-refractivity contribution in [3.8, 4) is 5.75 Å². The molecule has 1 aromatic carbocycles. The first kappa shape index (κ1) is 14.7. The Kier molecular flexibility index (Phi) is 4.94. The van der Waals surface area contributed by atoms with Gasteiger partial charge in [-0.15, -0.1) is 0 Å². The Balaban J connectivity index is 2.55. The van der Waals surface area contributed by atoms with Crippen molar-refractivity contribution in [3.05, 3.63) is 27.3 Å². The SMILES string of the molecule is CC(C)(C)OC(=O)NN=Cc1ccc(O)c(I)c1. The van der Waals surface area contributed by atoms with Gasteiger partial charge in [0.1, 0.15) is 11.4 Å². The van der Waals surface area contributed by atoms with E-state index < -0.39 is 11.7 Å². The summed E-state index contributed by atoms with van der Waals surface area (Å²) in [4.78, 5) is 11.3. The van der Waals surface area contributed by atoms with Crippen LogP contribution in [0, 0.1) is 3.57 Å². The molecule has 0 saturated carbocycles. The Labute approximate surface area is 119 Å². The van der Waals surface area contributed by atoms with E-state index in [-0.39, 0.29) is 5.75 Å². The average molecular weight is 362 g/mol. The highest BCUT2D eigenvalue weighted by molar-refractivity contribution is 14.1. The van der Waals surface area contributed by atoms with Crippen LogP contribution in [-0.4, -0.2) is 23.0 Å². The predicted octanol–water partition coefficient (Wildman–Crippen LogP) is 2.86. The van der Waals surface area contributed by atoms with Crippen LogP contribution in [0.15, 0.2) is 23.3 Å². The van der Waals surface area contributed by atoms with Gasteiger partial charge in [-0.1, -0.05) is 0 Å². The van der Waals surface area contributed by atoms with Crippen LogP contribution < -0.4 is 5.43 Å². The van der Waals surface area contributed by atoms with Gasteiger partial charge >= 0.3 is 6.09 Å². The Morgan fingerprint density at radius 2 is 2.17 bits per heavy atom. The summed E-state index contributed by atoms with van der Waals surface area (Å²) in [5.74, 6) is 0.216. The maximum Gasteiger partial charge on any atom is 0.428 e. The Bertz CT molecular complexity index is 467. The number of ether oxygens (including phenoxy) is 1. The molecule has 0 heterocycles. The number of aromatic hydroxyl groups is 1. The van der Waals surface area contributed by atoms with E-state index in [1.165, 1.54) is 6.21 Å². The number of halogens is 1. The highest BCUT2D eigenvalue weighted by Crippen LogP contribution is 2.19. The second-order valence-corrected chi connectivity index (χ2v) is 5.74. The van der Waals surface area contributed by atoms with Crippen LogP contribution in [0.1, 0.15) is 26.3 Å². The Hall–Kier alpha value is -1.31. The molecule has 0 saturated heterocycles. The fourth-order valence-corrected chi connectivity index (χ4v) is 1.60. The lowest BCUT2D eigenvalue weighted by molar-refractivity contribution is 0.0529. The molecule has 0 aliphatic heterocycles. The molecular weight excluding hydrogens is 347 g/mol. The summed E-state index contributed by atoms with van der Waals surface area (Å²) >= 11 is 2.01. The molecule has 6 heteroatoms. The number of phenols is 1. The fraction of sp³-hybridized carbons (Fsp3) is 0.333. The third-order valence-corrected chi connectivity index (χ3v) is 2.60. The third kappa shape index (κ3) is 5.35. The van der Waals surface area contributed by atoms with Gasteiger partial charge in [-0.2, -0.15) is 5.10 Å². The van der Waals surface area contributed by atoms with Gasteiger partial charge in [-0.05, 0) is 67.1 Å². The lowest BCUT2D eigenvalue weighted by Gasteiger charge is -2.18. The van der Waals surface area contributed by atoms with Crippen molar-refractivity contribution in [3.63, 3.8) is 0 Å². The number of amides is 1. The number of nitrogens with one attached hydrogen (secondary N) is 1. The summed E-state index contributed by atoms with van der Waals surface area (Å²) in [5.41, 5.74) is 2.49. The standard InChI is InChI=1S/C12H15IN2O3/c1-12(2,3)18-11(17)15-14-7-8-4-5-10(16)9(13)6-8/h4-7,16H,1-3H3,(H,15,17). The van der Waals surface area contributed by atoms with Gasteiger partial charge in [0, 0.05) is 0 Å². The van der Waals surface area contributed by atoms with Gasteiger partial charge in [0.15, 0.2) is 0 Å². The normalized spacial score (nSPS) is 11.6. The summed E-state index contributed by atoms with van der Waals surface area (Å²) in [7, 11) is 0. The van der Waals surface area contributed by atoms with Gasteiger partial charge in [0.25, 0.3) is 0 Å². The number of rotatable bonds is 2. The summed E-state index contributed by atoms with van der Waals surface area (Å²) in [6.45, 7) is 5.33. The zero-order valence-electron chi connectivity index (χ0n) is 10.4. The number of nitrogens with zero attached hydrogens (tertiary/aromatic N) is 1. The maximum atomic E-state index is 11.3. The van der Waals surface area contributed by atoms with Crippen molar-refractivity contribution in [2.24, 2.45) is 5.10 Å². The molecule has 5 nitrogen and oxygen atoms in total. The molecule has 98 valence electrons. The predicted molar refractivity (Wildman–Crippen MR) is 77.8 cm³/mol. The van der Waals surface area contributed by atoms with Crippen LogP contribution >= 0.6 is 22.6 Å². The van der Waals surface area contributed by atoms with Crippen LogP contribution in [0.3, 0.4) is 0 Å². The zero-order chi connectivity index (χ0) is 13.8. The minimum absolute atomic E-state index is 0.216. The lowest BCUT2D eigenvalue weighted by atomic mass is 10.2. The Morgan fingerprint density at radius 1 is 1.50 bits per heavy atom. The molecule has 0 unspecified atom stereocenters. The summed E-state index contributed by atoms with van der Waals surface area (Å²) in [6, 6.07) is 5.00. The van der Waals surface area contributed by atoms with Gasteiger partial charge in [0.05, 0.1) is 9.78 Å². The van der Waals surface area contributed by atoms with Crippen molar-refractivity contribution in [1.29, 1.82) is 0 Å². The van der Waals surface area contributed by atoms with Crippen LogP contribution in [0.5, 0.6) is 5.75 Å². The molecule has 1 aromatic rings. The van der Waals surface area contributed by atoms with E-state index in [2.05, 4.69) is 10.5 Å². The summed E-state index contributed by atoms with van der Waals surface area (Å²) < 4.78 is 5.73. The molecule has 0 aromatic heterocycles. The van der Waals surface area contributed by atoms with Crippen molar-refractivity contribution in [1.82, 2.24) is 5.43 Å². The molecule has 0 spiro atoms.